The molecule has 5 nitrogen and oxygen atoms in total. The van der Waals surface area contributed by atoms with Crippen molar-refractivity contribution in [2.24, 2.45) is 0 Å². The van der Waals surface area contributed by atoms with Gasteiger partial charge in [0, 0.05) is 9.26 Å². The minimum absolute atomic E-state index is 0.337. The topological polar surface area (TPSA) is 64.6 Å². The van der Waals surface area contributed by atoms with Gasteiger partial charge in [-0.1, -0.05) is 6.07 Å². The second-order valence-electron chi connectivity index (χ2n) is 4.36. The number of carbonyl (C=O) groups is 2. The molecule has 2 rings (SSSR count). The quantitative estimate of drug-likeness (QED) is 0.607. The van der Waals surface area contributed by atoms with Gasteiger partial charge >= 0.3 is 5.97 Å². The van der Waals surface area contributed by atoms with E-state index in [4.69, 9.17) is 9.47 Å². The normalized spacial score (nSPS) is 9.91. The number of nitrogens with one attached hydrogen (secondary N) is 1. The van der Waals surface area contributed by atoms with Crippen molar-refractivity contribution in [1.29, 1.82) is 0 Å². The van der Waals surface area contributed by atoms with E-state index >= 15 is 0 Å². The maximum atomic E-state index is 11.8. The highest BCUT2D eigenvalue weighted by Gasteiger charge is 2.10. The lowest BCUT2D eigenvalue weighted by molar-refractivity contribution is -0.119. The molecule has 0 heterocycles. The molecule has 1 N–H and O–H groups in total. The highest BCUT2D eigenvalue weighted by atomic mass is 127. The van der Waals surface area contributed by atoms with Crippen molar-refractivity contribution in [3.8, 4) is 5.75 Å². The minimum Gasteiger partial charge on any atom is -0.497 e. The molecule has 0 spiro atoms. The zero-order chi connectivity index (χ0) is 15.9. The summed E-state index contributed by atoms with van der Waals surface area (Å²) in [6.45, 7) is -0.337. The Morgan fingerprint density at radius 3 is 2.50 bits per heavy atom. The largest absolute Gasteiger partial charge is 0.497 e. The fourth-order valence-electron chi connectivity index (χ4n) is 1.70. The summed E-state index contributed by atoms with van der Waals surface area (Å²) in [7, 11) is 1.57. The molecular formula is C16H14INO4. The van der Waals surface area contributed by atoms with E-state index in [0.29, 0.717) is 17.0 Å². The fourth-order valence-corrected chi connectivity index (χ4v) is 2.24. The van der Waals surface area contributed by atoms with Gasteiger partial charge in [0.2, 0.25) is 0 Å². The van der Waals surface area contributed by atoms with E-state index in [1.807, 2.05) is 6.07 Å². The number of esters is 1. The van der Waals surface area contributed by atoms with E-state index in [0.717, 1.165) is 3.57 Å². The number of hydrogen-bond donors (Lipinski definition) is 1. The molecule has 0 fully saturated rings. The monoisotopic (exact) mass is 411 g/mol. The number of hydrogen-bond acceptors (Lipinski definition) is 4. The first-order valence-electron chi connectivity index (χ1n) is 6.45. The van der Waals surface area contributed by atoms with Crippen LogP contribution in [-0.4, -0.2) is 25.6 Å². The highest BCUT2D eigenvalue weighted by molar-refractivity contribution is 14.1. The molecule has 2 aromatic rings. The molecule has 6 heteroatoms. The maximum Gasteiger partial charge on any atom is 0.338 e. The number of rotatable bonds is 5. The van der Waals surface area contributed by atoms with Crippen LogP contribution in [0.25, 0.3) is 0 Å². The van der Waals surface area contributed by atoms with Crippen molar-refractivity contribution in [2.75, 3.05) is 19.0 Å². The Hall–Kier alpha value is -2.09. The Kier molecular flexibility index (Phi) is 5.76. The Morgan fingerprint density at radius 2 is 1.86 bits per heavy atom. The van der Waals surface area contributed by atoms with Crippen LogP contribution >= 0.6 is 22.6 Å². The third-order valence-electron chi connectivity index (χ3n) is 2.77. The Labute approximate surface area is 141 Å². The average Bonchev–Trinajstić information content (AvgIpc) is 2.53. The summed E-state index contributed by atoms with van der Waals surface area (Å²) in [5, 5.41) is 2.64. The van der Waals surface area contributed by atoms with E-state index in [-0.39, 0.29) is 6.61 Å². The molecule has 0 unspecified atom stereocenters. The number of halogens is 1. The minimum atomic E-state index is -0.525. The van der Waals surface area contributed by atoms with Crippen LogP contribution < -0.4 is 10.1 Å². The first kappa shape index (κ1) is 16.3. The molecular weight excluding hydrogens is 397 g/mol. The summed E-state index contributed by atoms with van der Waals surface area (Å²) in [4.78, 5) is 23.6. The van der Waals surface area contributed by atoms with E-state index in [2.05, 4.69) is 27.9 Å². The van der Waals surface area contributed by atoms with Gasteiger partial charge in [-0.15, -0.1) is 0 Å². The SMILES string of the molecule is COc1ccc(NC(=O)COC(=O)c2cccc(I)c2)cc1. The van der Waals surface area contributed by atoms with Crippen molar-refractivity contribution in [1.82, 2.24) is 0 Å². The number of methoxy groups -OCH3 is 1. The van der Waals surface area contributed by atoms with Crippen molar-refractivity contribution < 1.29 is 19.1 Å². The molecule has 0 aliphatic rings. The predicted octanol–water partition coefficient (Wildman–Crippen LogP) is 3.10. The first-order chi connectivity index (χ1) is 10.6. The first-order valence-corrected chi connectivity index (χ1v) is 7.53. The van der Waals surface area contributed by atoms with Crippen LogP contribution in [0.1, 0.15) is 10.4 Å². The van der Waals surface area contributed by atoms with Crippen molar-refractivity contribution >= 4 is 40.2 Å². The zero-order valence-corrected chi connectivity index (χ0v) is 14.0. The van der Waals surface area contributed by atoms with Crippen molar-refractivity contribution in [3.63, 3.8) is 0 Å². The Morgan fingerprint density at radius 1 is 1.14 bits per heavy atom. The number of amides is 1. The van der Waals surface area contributed by atoms with E-state index in [9.17, 15) is 9.59 Å². The summed E-state index contributed by atoms with van der Waals surface area (Å²) in [5.41, 5.74) is 1.03. The Bertz CT molecular complexity index is 670. The highest BCUT2D eigenvalue weighted by Crippen LogP contribution is 2.15. The van der Waals surface area contributed by atoms with Crippen molar-refractivity contribution in [2.45, 2.75) is 0 Å². The lowest BCUT2D eigenvalue weighted by Crippen LogP contribution is -2.20. The van der Waals surface area contributed by atoms with Gasteiger partial charge in [0.25, 0.3) is 5.91 Å². The summed E-state index contributed by atoms with van der Waals surface area (Å²) in [6, 6.07) is 13.8. The van der Waals surface area contributed by atoms with Gasteiger partial charge in [0.05, 0.1) is 12.7 Å². The van der Waals surface area contributed by atoms with Crippen LogP contribution in [0.5, 0.6) is 5.75 Å². The summed E-state index contributed by atoms with van der Waals surface area (Å²) >= 11 is 2.10. The van der Waals surface area contributed by atoms with Gasteiger partial charge in [-0.2, -0.15) is 0 Å². The van der Waals surface area contributed by atoms with Gasteiger partial charge in [-0.3, -0.25) is 4.79 Å². The third-order valence-corrected chi connectivity index (χ3v) is 3.44. The lowest BCUT2D eigenvalue weighted by Gasteiger charge is -2.07. The molecule has 0 aromatic heterocycles. The molecule has 0 bridgehead atoms. The molecule has 114 valence electrons. The van der Waals surface area contributed by atoms with Gasteiger partial charge in [0.15, 0.2) is 6.61 Å². The van der Waals surface area contributed by atoms with Gasteiger partial charge in [0.1, 0.15) is 5.75 Å². The standard InChI is InChI=1S/C16H14INO4/c1-21-14-7-5-13(6-8-14)18-15(19)10-22-16(20)11-3-2-4-12(17)9-11/h2-9H,10H2,1H3,(H,18,19). The maximum absolute atomic E-state index is 11.8. The molecule has 0 saturated carbocycles. The van der Waals surface area contributed by atoms with Crippen LogP contribution in [0.15, 0.2) is 48.5 Å². The number of ether oxygens (including phenoxy) is 2. The molecule has 22 heavy (non-hydrogen) atoms. The van der Waals surface area contributed by atoms with Gasteiger partial charge < -0.3 is 14.8 Å². The molecule has 0 radical (unpaired) electrons. The summed E-state index contributed by atoms with van der Waals surface area (Å²) < 4.78 is 10.9. The number of carbonyl (C=O) groups excluding carboxylic acids is 2. The molecule has 0 atom stereocenters. The molecule has 0 aliphatic carbocycles. The summed E-state index contributed by atoms with van der Waals surface area (Å²) in [5.74, 6) is -0.226. The van der Waals surface area contributed by atoms with E-state index in [1.165, 1.54) is 0 Å². The van der Waals surface area contributed by atoms with Crippen molar-refractivity contribution in [3.05, 3.63) is 57.7 Å². The molecule has 2 aromatic carbocycles. The third kappa shape index (κ3) is 4.73. The summed E-state index contributed by atoms with van der Waals surface area (Å²) in [6.07, 6.45) is 0. The van der Waals surface area contributed by atoms with Gasteiger partial charge in [-0.25, -0.2) is 4.79 Å². The van der Waals surface area contributed by atoms with Crippen LogP contribution in [-0.2, 0) is 9.53 Å². The zero-order valence-electron chi connectivity index (χ0n) is 11.8. The Balaban J connectivity index is 1.85. The van der Waals surface area contributed by atoms with E-state index in [1.54, 1.807) is 49.6 Å². The molecule has 0 aliphatic heterocycles. The number of benzene rings is 2. The lowest BCUT2D eigenvalue weighted by atomic mass is 10.2. The molecule has 0 saturated heterocycles. The van der Waals surface area contributed by atoms with Crippen LogP contribution in [0, 0.1) is 3.57 Å². The van der Waals surface area contributed by atoms with Crippen LogP contribution in [0.4, 0.5) is 5.69 Å². The number of anilines is 1. The molecule has 1 amide bonds. The van der Waals surface area contributed by atoms with Crippen LogP contribution in [0.3, 0.4) is 0 Å². The fraction of sp³-hybridized carbons (Fsp3) is 0.125. The smallest absolute Gasteiger partial charge is 0.338 e. The second-order valence-corrected chi connectivity index (χ2v) is 5.61. The predicted molar refractivity (Wildman–Crippen MR) is 91.1 cm³/mol. The second kappa shape index (κ2) is 7.79. The average molecular weight is 411 g/mol. The van der Waals surface area contributed by atoms with Gasteiger partial charge in [-0.05, 0) is 65.1 Å². The van der Waals surface area contributed by atoms with Crippen LogP contribution in [0.2, 0.25) is 0 Å². The van der Waals surface area contributed by atoms with E-state index < -0.39 is 11.9 Å².